The molecule has 2 rings (SSSR count). The van der Waals surface area contributed by atoms with Crippen molar-refractivity contribution in [3.8, 4) is 0 Å². The summed E-state index contributed by atoms with van der Waals surface area (Å²) >= 11 is 5.01. The zero-order valence-corrected chi connectivity index (χ0v) is 13.4. The molecule has 0 bridgehead atoms. The fraction of sp³-hybridized carbons (Fsp3) is 0.167. The van der Waals surface area contributed by atoms with Gasteiger partial charge in [0, 0.05) is 12.2 Å². The first-order valence-corrected chi connectivity index (χ1v) is 8.68. The second-order valence-electron chi connectivity index (χ2n) is 4.14. The molecule has 0 unspecified atom stereocenters. The van der Waals surface area contributed by atoms with Crippen molar-refractivity contribution >= 4 is 43.0 Å². The lowest BCUT2D eigenvalue weighted by Gasteiger charge is -2.09. The molecule has 0 radical (unpaired) electrons. The molecule has 19 heavy (non-hydrogen) atoms. The highest BCUT2D eigenvalue weighted by Gasteiger charge is 2.12. The Morgan fingerprint density at radius 1 is 1.37 bits per heavy atom. The van der Waals surface area contributed by atoms with Crippen LogP contribution in [0.5, 0.6) is 0 Å². The SMILES string of the molecule is Cc1ccc(NCc2csc(Br)c2)cc1S(N)(=O)=O. The summed E-state index contributed by atoms with van der Waals surface area (Å²) in [5, 5.41) is 10.4. The van der Waals surface area contributed by atoms with Gasteiger partial charge in [-0.15, -0.1) is 11.3 Å². The molecule has 0 fully saturated rings. The summed E-state index contributed by atoms with van der Waals surface area (Å²) in [4.78, 5) is 0.156. The number of aryl methyl sites for hydroxylation is 1. The summed E-state index contributed by atoms with van der Waals surface area (Å²) in [6, 6.07) is 7.16. The average molecular weight is 361 g/mol. The number of primary sulfonamides is 1. The van der Waals surface area contributed by atoms with Crippen molar-refractivity contribution in [1.82, 2.24) is 0 Å². The predicted molar refractivity (Wildman–Crippen MR) is 81.9 cm³/mol. The van der Waals surface area contributed by atoms with Crippen molar-refractivity contribution in [3.63, 3.8) is 0 Å². The molecule has 1 aromatic carbocycles. The first-order chi connectivity index (χ1) is 8.86. The fourth-order valence-corrected chi connectivity index (χ4v) is 3.68. The van der Waals surface area contributed by atoms with Crippen molar-refractivity contribution in [1.29, 1.82) is 0 Å². The summed E-state index contributed by atoms with van der Waals surface area (Å²) in [5.41, 5.74) is 2.51. The normalized spacial score (nSPS) is 11.5. The van der Waals surface area contributed by atoms with Gasteiger partial charge in [0.2, 0.25) is 10.0 Å². The molecule has 1 heterocycles. The summed E-state index contributed by atoms with van der Waals surface area (Å²) in [7, 11) is -3.68. The maximum Gasteiger partial charge on any atom is 0.238 e. The van der Waals surface area contributed by atoms with Crippen LogP contribution in [0.25, 0.3) is 0 Å². The van der Waals surface area contributed by atoms with Crippen LogP contribution in [0.2, 0.25) is 0 Å². The fourth-order valence-electron chi connectivity index (χ4n) is 1.66. The molecule has 7 heteroatoms. The van der Waals surface area contributed by atoms with E-state index in [1.165, 1.54) is 0 Å². The van der Waals surface area contributed by atoms with Crippen LogP contribution in [0.15, 0.2) is 38.3 Å². The van der Waals surface area contributed by atoms with Gasteiger partial charge in [-0.25, -0.2) is 13.6 Å². The predicted octanol–water partition coefficient (Wildman–Crippen LogP) is 3.08. The third-order valence-corrected chi connectivity index (χ3v) is 5.22. The average Bonchev–Trinajstić information content (AvgIpc) is 2.72. The van der Waals surface area contributed by atoms with Crippen molar-refractivity contribution in [2.24, 2.45) is 5.14 Å². The summed E-state index contributed by atoms with van der Waals surface area (Å²) < 4.78 is 23.9. The Balaban J connectivity index is 2.18. The van der Waals surface area contributed by atoms with Gasteiger partial charge < -0.3 is 5.32 Å². The van der Waals surface area contributed by atoms with Gasteiger partial charge in [-0.05, 0) is 57.6 Å². The van der Waals surface area contributed by atoms with Crippen LogP contribution in [-0.2, 0) is 16.6 Å². The Labute approximate surface area is 124 Å². The highest BCUT2D eigenvalue weighted by Crippen LogP contribution is 2.23. The largest absolute Gasteiger partial charge is 0.381 e. The van der Waals surface area contributed by atoms with Crippen LogP contribution in [0, 0.1) is 6.92 Å². The third kappa shape index (κ3) is 3.79. The van der Waals surface area contributed by atoms with E-state index in [2.05, 4.69) is 21.2 Å². The van der Waals surface area contributed by atoms with Gasteiger partial charge in [-0.2, -0.15) is 0 Å². The standard InChI is InChI=1S/C12H13BrN2O2S2/c1-8-2-3-10(5-11(8)19(14,16)17)15-6-9-4-12(13)18-7-9/h2-5,7,15H,6H2,1H3,(H2,14,16,17). The van der Waals surface area contributed by atoms with E-state index in [0.717, 1.165) is 15.0 Å². The van der Waals surface area contributed by atoms with Crippen LogP contribution in [0.1, 0.15) is 11.1 Å². The Bertz CT molecular complexity index is 696. The second kappa shape index (κ2) is 5.62. The first kappa shape index (κ1) is 14.5. The van der Waals surface area contributed by atoms with E-state index in [0.29, 0.717) is 12.1 Å². The van der Waals surface area contributed by atoms with Gasteiger partial charge in [0.25, 0.3) is 0 Å². The van der Waals surface area contributed by atoms with Crippen LogP contribution < -0.4 is 10.5 Å². The second-order valence-corrected chi connectivity index (χ2v) is 7.96. The number of rotatable bonds is 4. The molecule has 0 aliphatic heterocycles. The topological polar surface area (TPSA) is 72.2 Å². The Hall–Kier alpha value is -0.890. The van der Waals surface area contributed by atoms with Gasteiger partial charge in [-0.1, -0.05) is 6.07 Å². The van der Waals surface area contributed by atoms with Gasteiger partial charge in [0.05, 0.1) is 8.68 Å². The molecule has 0 saturated heterocycles. The van der Waals surface area contributed by atoms with Crippen molar-refractivity contribution in [2.75, 3.05) is 5.32 Å². The molecule has 0 amide bonds. The minimum atomic E-state index is -3.68. The number of nitrogens with two attached hydrogens (primary N) is 1. The van der Waals surface area contributed by atoms with E-state index >= 15 is 0 Å². The van der Waals surface area contributed by atoms with E-state index in [1.807, 2.05) is 17.5 Å². The third-order valence-electron chi connectivity index (χ3n) is 2.61. The highest BCUT2D eigenvalue weighted by atomic mass is 79.9. The summed E-state index contributed by atoms with van der Waals surface area (Å²) in [5.74, 6) is 0. The number of anilines is 1. The smallest absolute Gasteiger partial charge is 0.238 e. The van der Waals surface area contributed by atoms with E-state index in [-0.39, 0.29) is 4.90 Å². The number of nitrogens with one attached hydrogen (secondary N) is 1. The molecule has 0 spiro atoms. The molecule has 3 N–H and O–H groups in total. The van der Waals surface area contributed by atoms with Crippen LogP contribution in [0.4, 0.5) is 5.69 Å². The number of hydrogen-bond donors (Lipinski definition) is 2. The molecule has 0 saturated carbocycles. The van der Waals surface area contributed by atoms with Crippen LogP contribution >= 0.6 is 27.3 Å². The molecule has 4 nitrogen and oxygen atoms in total. The summed E-state index contributed by atoms with van der Waals surface area (Å²) in [6.07, 6.45) is 0. The van der Waals surface area contributed by atoms with Crippen LogP contribution in [-0.4, -0.2) is 8.42 Å². The van der Waals surface area contributed by atoms with E-state index in [1.54, 1.807) is 30.4 Å². The Morgan fingerprint density at radius 2 is 2.11 bits per heavy atom. The maximum atomic E-state index is 11.4. The maximum absolute atomic E-state index is 11.4. The number of benzene rings is 1. The van der Waals surface area contributed by atoms with Gasteiger partial charge in [-0.3, -0.25) is 0 Å². The minimum absolute atomic E-state index is 0.156. The number of sulfonamides is 1. The minimum Gasteiger partial charge on any atom is -0.381 e. The lowest BCUT2D eigenvalue weighted by molar-refractivity contribution is 0.597. The van der Waals surface area contributed by atoms with Gasteiger partial charge >= 0.3 is 0 Å². The lowest BCUT2D eigenvalue weighted by Crippen LogP contribution is -2.14. The monoisotopic (exact) mass is 360 g/mol. The van der Waals surface area contributed by atoms with Crippen molar-refractivity contribution < 1.29 is 8.42 Å². The Morgan fingerprint density at radius 3 is 2.68 bits per heavy atom. The molecule has 0 atom stereocenters. The number of halogens is 1. The van der Waals surface area contributed by atoms with Crippen LogP contribution in [0.3, 0.4) is 0 Å². The molecular weight excluding hydrogens is 348 g/mol. The summed E-state index contributed by atoms with van der Waals surface area (Å²) in [6.45, 7) is 2.36. The first-order valence-electron chi connectivity index (χ1n) is 5.46. The van der Waals surface area contributed by atoms with Gasteiger partial charge in [0.15, 0.2) is 0 Å². The lowest BCUT2D eigenvalue weighted by atomic mass is 10.2. The van der Waals surface area contributed by atoms with Crippen molar-refractivity contribution in [2.45, 2.75) is 18.4 Å². The molecule has 1 aromatic heterocycles. The van der Waals surface area contributed by atoms with Gasteiger partial charge in [0.1, 0.15) is 0 Å². The Kier molecular flexibility index (Phi) is 4.29. The zero-order valence-electron chi connectivity index (χ0n) is 10.2. The zero-order chi connectivity index (χ0) is 14.0. The number of thiophene rings is 1. The molecule has 0 aliphatic rings. The van der Waals surface area contributed by atoms with E-state index in [9.17, 15) is 8.42 Å². The molecule has 102 valence electrons. The highest BCUT2D eigenvalue weighted by molar-refractivity contribution is 9.11. The number of hydrogen-bond acceptors (Lipinski definition) is 4. The van der Waals surface area contributed by atoms with E-state index < -0.39 is 10.0 Å². The quantitative estimate of drug-likeness (QED) is 0.879. The molecular formula is C12H13BrN2O2S2. The molecule has 0 aliphatic carbocycles. The molecule has 2 aromatic rings. The van der Waals surface area contributed by atoms with Crippen molar-refractivity contribution in [3.05, 3.63) is 44.6 Å². The van der Waals surface area contributed by atoms with E-state index in [4.69, 9.17) is 5.14 Å².